The SMILES string of the molecule is c1ccc(-c2cc(-c3cccnc3)nc3c2Cc2ccccc2-3)nc1. The highest BCUT2D eigenvalue weighted by atomic mass is 14.8. The van der Waals surface area contributed by atoms with Crippen LogP contribution in [0.4, 0.5) is 0 Å². The predicted molar refractivity (Wildman–Crippen MR) is 98.9 cm³/mol. The molecule has 0 spiro atoms. The molecule has 1 aliphatic rings. The number of hydrogen-bond acceptors (Lipinski definition) is 3. The molecule has 0 bridgehead atoms. The van der Waals surface area contributed by atoms with Gasteiger partial charge >= 0.3 is 0 Å². The van der Waals surface area contributed by atoms with E-state index >= 15 is 0 Å². The molecule has 0 unspecified atom stereocenters. The molecule has 3 heteroatoms. The Morgan fingerprint density at radius 1 is 0.760 bits per heavy atom. The monoisotopic (exact) mass is 321 g/mol. The number of pyridine rings is 3. The third-order valence-electron chi connectivity index (χ3n) is 4.66. The molecule has 118 valence electrons. The first-order valence-corrected chi connectivity index (χ1v) is 8.34. The molecule has 3 nitrogen and oxygen atoms in total. The first kappa shape index (κ1) is 14.1. The summed E-state index contributed by atoms with van der Waals surface area (Å²) in [6.45, 7) is 0. The average molecular weight is 321 g/mol. The summed E-state index contributed by atoms with van der Waals surface area (Å²) in [5.41, 5.74) is 8.96. The Balaban J connectivity index is 1.80. The maximum Gasteiger partial charge on any atom is 0.0754 e. The number of benzene rings is 1. The highest BCUT2D eigenvalue weighted by molar-refractivity contribution is 5.84. The summed E-state index contributed by atoms with van der Waals surface area (Å²) in [7, 11) is 0. The average Bonchev–Trinajstić information content (AvgIpc) is 3.07. The van der Waals surface area contributed by atoms with Crippen molar-refractivity contribution in [3.63, 3.8) is 0 Å². The van der Waals surface area contributed by atoms with Crippen molar-refractivity contribution in [3.05, 3.63) is 90.4 Å². The lowest BCUT2D eigenvalue weighted by molar-refractivity contribution is 1.21. The minimum Gasteiger partial charge on any atom is -0.264 e. The minimum absolute atomic E-state index is 0.901. The van der Waals surface area contributed by atoms with Gasteiger partial charge in [0.1, 0.15) is 0 Å². The molecule has 0 N–H and O–H groups in total. The van der Waals surface area contributed by atoms with E-state index in [1.807, 2.05) is 36.7 Å². The lowest BCUT2D eigenvalue weighted by Crippen LogP contribution is -1.95. The maximum absolute atomic E-state index is 4.98. The van der Waals surface area contributed by atoms with Crippen molar-refractivity contribution < 1.29 is 0 Å². The van der Waals surface area contributed by atoms with E-state index in [-0.39, 0.29) is 0 Å². The van der Waals surface area contributed by atoms with E-state index in [1.54, 1.807) is 6.20 Å². The maximum atomic E-state index is 4.98. The van der Waals surface area contributed by atoms with Crippen LogP contribution in [-0.4, -0.2) is 15.0 Å². The van der Waals surface area contributed by atoms with Crippen LogP contribution in [0, 0.1) is 0 Å². The highest BCUT2D eigenvalue weighted by Crippen LogP contribution is 2.41. The van der Waals surface area contributed by atoms with Gasteiger partial charge in [-0.25, -0.2) is 4.98 Å². The van der Waals surface area contributed by atoms with E-state index in [0.717, 1.165) is 34.6 Å². The summed E-state index contributed by atoms with van der Waals surface area (Å²) >= 11 is 0. The fraction of sp³-hybridized carbons (Fsp3) is 0.0455. The van der Waals surface area contributed by atoms with Crippen LogP contribution in [0.15, 0.2) is 79.3 Å². The van der Waals surface area contributed by atoms with Crippen molar-refractivity contribution in [2.24, 2.45) is 0 Å². The lowest BCUT2D eigenvalue weighted by atomic mass is 10.00. The molecule has 4 aromatic rings. The number of aromatic nitrogens is 3. The second kappa shape index (κ2) is 5.64. The second-order valence-electron chi connectivity index (χ2n) is 6.17. The second-order valence-corrected chi connectivity index (χ2v) is 6.17. The molecule has 0 aliphatic heterocycles. The summed E-state index contributed by atoms with van der Waals surface area (Å²) in [6, 6.07) is 20.7. The van der Waals surface area contributed by atoms with Gasteiger partial charge in [-0.1, -0.05) is 30.3 Å². The minimum atomic E-state index is 0.901. The van der Waals surface area contributed by atoms with Gasteiger partial charge in [-0.05, 0) is 41.5 Å². The summed E-state index contributed by atoms with van der Waals surface area (Å²) < 4.78 is 0. The van der Waals surface area contributed by atoms with Crippen molar-refractivity contribution in [1.82, 2.24) is 15.0 Å². The quantitative estimate of drug-likeness (QED) is 0.470. The summed E-state index contributed by atoms with van der Waals surface area (Å²) in [5.74, 6) is 0. The zero-order valence-corrected chi connectivity index (χ0v) is 13.6. The van der Waals surface area contributed by atoms with Gasteiger partial charge in [-0.3, -0.25) is 9.97 Å². The number of fused-ring (bicyclic) bond motifs is 3. The largest absolute Gasteiger partial charge is 0.264 e. The van der Waals surface area contributed by atoms with Crippen LogP contribution in [0.1, 0.15) is 11.1 Å². The molecule has 0 atom stereocenters. The Bertz CT molecular complexity index is 1060. The molecule has 1 aliphatic carbocycles. The third-order valence-corrected chi connectivity index (χ3v) is 4.66. The number of rotatable bonds is 2. The molecular formula is C22H15N3. The van der Waals surface area contributed by atoms with Gasteiger partial charge in [-0.2, -0.15) is 0 Å². The highest BCUT2D eigenvalue weighted by Gasteiger charge is 2.24. The van der Waals surface area contributed by atoms with Crippen molar-refractivity contribution in [1.29, 1.82) is 0 Å². The van der Waals surface area contributed by atoms with Crippen molar-refractivity contribution in [2.75, 3.05) is 0 Å². The molecule has 0 amide bonds. The van der Waals surface area contributed by atoms with Crippen molar-refractivity contribution in [2.45, 2.75) is 6.42 Å². The van der Waals surface area contributed by atoms with E-state index in [0.29, 0.717) is 0 Å². The first-order valence-electron chi connectivity index (χ1n) is 8.34. The summed E-state index contributed by atoms with van der Waals surface area (Å²) in [5, 5.41) is 0. The van der Waals surface area contributed by atoms with E-state index in [2.05, 4.69) is 46.4 Å². The van der Waals surface area contributed by atoms with Gasteiger partial charge in [-0.15, -0.1) is 0 Å². The topological polar surface area (TPSA) is 38.7 Å². The molecule has 25 heavy (non-hydrogen) atoms. The van der Waals surface area contributed by atoms with E-state index in [4.69, 9.17) is 4.98 Å². The van der Waals surface area contributed by atoms with Gasteiger partial charge in [0.15, 0.2) is 0 Å². The molecule has 5 rings (SSSR count). The van der Waals surface area contributed by atoms with Crippen LogP contribution in [0.3, 0.4) is 0 Å². The van der Waals surface area contributed by atoms with Crippen molar-refractivity contribution >= 4 is 0 Å². The van der Waals surface area contributed by atoms with Crippen LogP contribution in [0.2, 0.25) is 0 Å². The first-order chi connectivity index (χ1) is 12.4. The van der Waals surface area contributed by atoms with Gasteiger partial charge in [0.25, 0.3) is 0 Å². The van der Waals surface area contributed by atoms with Crippen LogP contribution >= 0.6 is 0 Å². The molecule has 0 saturated carbocycles. The molecule has 0 fully saturated rings. The Morgan fingerprint density at radius 2 is 1.68 bits per heavy atom. The third kappa shape index (κ3) is 2.32. The van der Waals surface area contributed by atoms with Crippen LogP contribution in [-0.2, 0) is 6.42 Å². The fourth-order valence-electron chi connectivity index (χ4n) is 3.48. The standard InChI is InChI=1S/C22H15N3/c1-2-8-17-15(6-1)12-19-18(20-9-3-4-11-24-20)13-21(25-22(17)19)16-7-5-10-23-14-16/h1-11,13-14H,12H2. The van der Waals surface area contributed by atoms with E-state index < -0.39 is 0 Å². The summed E-state index contributed by atoms with van der Waals surface area (Å²) in [4.78, 5) is 13.8. The Labute approximate surface area is 146 Å². The van der Waals surface area contributed by atoms with E-state index in [1.165, 1.54) is 16.7 Å². The van der Waals surface area contributed by atoms with Crippen LogP contribution in [0.5, 0.6) is 0 Å². The normalized spacial score (nSPS) is 11.8. The van der Waals surface area contributed by atoms with Crippen LogP contribution < -0.4 is 0 Å². The molecule has 0 radical (unpaired) electrons. The van der Waals surface area contributed by atoms with Gasteiger partial charge < -0.3 is 0 Å². The molecular weight excluding hydrogens is 306 g/mol. The van der Waals surface area contributed by atoms with E-state index in [9.17, 15) is 0 Å². The van der Waals surface area contributed by atoms with Crippen LogP contribution in [0.25, 0.3) is 33.8 Å². The molecule has 0 saturated heterocycles. The number of hydrogen-bond donors (Lipinski definition) is 0. The Hall–Kier alpha value is -3.33. The number of nitrogens with zero attached hydrogens (tertiary/aromatic N) is 3. The summed E-state index contributed by atoms with van der Waals surface area (Å²) in [6.07, 6.45) is 6.38. The fourth-order valence-corrected chi connectivity index (χ4v) is 3.48. The Kier molecular flexibility index (Phi) is 3.17. The molecule has 1 aromatic carbocycles. The van der Waals surface area contributed by atoms with Gasteiger partial charge in [0.05, 0.1) is 17.1 Å². The zero-order chi connectivity index (χ0) is 16.6. The Morgan fingerprint density at radius 3 is 2.52 bits per heavy atom. The molecule has 3 aromatic heterocycles. The van der Waals surface area contributed by atoms with Crippen molar-refractivity contribution in [3.8, 4) is 33.8 Å². The van der Waals surface area contributed by atoms with Gasteiger partial charge in [0.2, 0.25) is 0 Å². The molecule has 3 heterocycles. The van der Waals surface area contributed by atoms with Gasteiger partial charge in [0, 0.05) is 41.7 Å². The zero-order valence-electron chi connectivity index (χ0n) is 13.6. The predicted octanol–water partition coefficient (Wildman–Crippen LogP) is 4.78. The lowest BCUT2D eigenvalue weighted by Gasteiger charge is -2.11. The smallest absolute Gasteiger partial charge is 0.0754 e.